The molecule has 39 heavy (non-hydrogen) atoms. The molecule has 1 amide bonds. The number of nitrogens with zero attached hydrogens (tertiary/aromatic N) is 5. The highest BCUT2D eigenvalue weighted by Crippen LogP contribution is 2.30. The summed E-state index contributed by atoms with van der Waals surface area (Å²) in [6, 6.07) is 25.9. The minimum absolute atomic E-state index is 0.0196. The molecule has 0 N–H and O–H groups in total. The quantitative estimate of drug-likeness (QED) is 0.152. The summed E-state index contributed by atoms with van der Waals surface area (Å²) >= 11 is 1.44. The van der Waals surface area contributed by atoms with Gasteiger partial charge in [-0.05, 0) is 55.3 Å². The Balaban J connectivity index is 1.44. The molecule has 7 nitrogen and oxygen atoms in total. The molecular weight excluding hydrogens is 506 g/mol. The molecule has 0 bridgehead atoms. The van der Waals surface area contributed by atoms with Crippen LogP contribution in [0.4, 0.5) is 0 Å². The minimum atomic E-state index is -0.253. The van der Waals surface area contributed by atoms with E-state index >= 15 is 0 Å². The molecule has 1 aliphatic heterocycles. The molecule has 0 radical (unpaired) electrons. The van der Waals surface area contributed by atoms with E-state index in [1.54, 1.807) is 24.3 Å². The van der Waals surface area contributed by atoms with Crippen molar-refractivity contribution in [3.8, 4) is 22.7 Å². The summed E-state index contributed by atoms with van der Waals surface area (Å²) in [7, 11) is 1.64. The number of amides is 1. The van der Waals surface area contributed by atoms with Crippen molar-refractivity contribution in [2.45, 2.75) is 18.6 Å². The summed E-state index contributed by atoms with van der Waals surface area (Å²) < 4.78 is 7.13. The van der Waals surface area contributed by atoms with Gasteiger partial charge in [0.25, 0.3) is 0 Å². The SMILES string of the molecule is C=CCN1C(=O)C(Cc2cccc(C)c2)SC1=NN=Cc1cn(-c2ccccc2)nc1-c1ccc(OC)cc1. The molecule has 0 spiro atoms. The molecule has 196 valence electrons. The van der Waals surface area contributed by atoms with E-state index in [1.165, 1.54) is 17.3 Å². The number of thioether (sulfide) groups is 1. The first-order chi connectivity index (χ1) is 19.1. The molecule has 0 saturated carbocycles. The lowest BCUT2D eigenvalue weighted by Gasteiger charge is -2.13. The molecule has 1 aromatic heterocycles. The second-order valence-electron chi connectivity index (χ2n) is 9.11. The van der Waals surface area contributed by atoms with Gasteiger partial charge in [0.05, 0.1) is 24.3 Å². The maximum atomic E-state index is 13.2. The van der Waals surface area contributed by atoms with Crippen LogP contribution in [-0.4, -0.2) is 50.9 Å². The summed E-state index contributed by atoms with van der Waals surface area (Å²) in [6.45, 7) is 6.25. The van der Waals surface area contributed by atoms with Crippen molar-refractivity contribution in [1.29, 1.82) is 0 Å². The van der Waals surface area contributed by atoms with E-state index in [9.17, 15) is 4.79 Å². The van der Waals surface area contributed by atoms with E-state index < -0.39 is 0 Å². The first kappa shape index (κ1) is 26.2. The van der Waals surface area contributed by atoms with Crippen molar-refractivity contribution in [3.63, 3.8) is 0 Å². The van der Waals surface area contributed by atoms with Crippen molar-refractivity contribution in [2.24, 2.45) is 10.2 Å². The zero-order valence-electron chi connectivity index (χ0n) is 21.9. The maximum Gasteiger partial charge on any atom is 0.242 e. The van der Waals surface area contributed by atoms with Crippen LogP contribution in [-0.2, 0) is 11.2 Å². The van der Waals surface area contributed by atoms with Gasteiger partial charge >= 0.3 is 0 Å². The molecule has 1 saturated heterocycles. The predicted molar refractivity (Wildman–Crippen MR) is 159 cm³/mol. The average molecular weight is 536 g/mol. The summed E-state index contributed by atoms with van der Waals surface area (Å²) in [6.07, 6.45) is 5.95. The van der Waals surface area contributed by atoms with Crippen LogP contribution in [0.2, 0.25) is 0 Å². The molecule has 4 aromatic rings. The standard InChI is InChI=1S/C31H29N5O2S/c1-4-17-35-30(37)28(19-23-10-8-9-22(2)18-23)39-31(35)33-32-20-25-21-36(26-11-6-5-7-12-26)34-29(25)24-13-15-27(38-3)16-14-24/h4-16,18,20-21,28H,1,17,19H2,2-3H3. The van der Waals surface area contributed by atoms with Gasteiger partial charge in [-0.25, -0.2) is 4.68 Å². The number of methoxy groups -OCH3 is 1. The van der Waals surface area contributed by atoms with E-state index in [-0.39, 0.29) is 11.2 Å². The fourth-order valence-corrected chi connectivity index (χ4v) is 5.52. The molecule has 0 aliphatic carbocycles. The van der Waals surface area contributed by atoms with Crippen LogP contribution in [0.25, 0.3) is 16.9 Å². The summed E-state index contributed by atoms with van der Waals surface area (Å²) in [5, 5.41) is 14.0. The Labute approximate surface area is 232 Å². The number of aryl methyl sites for hydroxylation is 1. The Morgan fingerprint density at radius 1 is 1.08 bits per heavy atom. The highest BCUT2D eigenvalue weighted by molar-refractivity contribution is 8.15. The molecule has 1 aliphatic rings. The molecule has 5 rings (SSSR count). The van der Waals surface area contributed by atoms with Gasteiger partial charge in [0.15, 0.2) is 5.17 Å². The number of carbonyl (C=O) groups excluding carboxylic acids is 1. The number of rotatable bonds is 9. The van der Waals surface area contributed by atoms with Crippen molar-refractivity contribution in [3.05, 3.63) is 114 Å². The molecular formula is C31H29N5O2S. The highest BCUT2D eigenvalue weighted by atomic mass is 32.2. The van der Waals surface area contributed by atoms with Crippen LogP contribution in [0.1, 0.15) is 16.7 Å². The number of aromatic nitrogens is 2. The molecule has 1 unspecified atom stereocenters. The topological polar surface area (TPSA) is 72.1 Å². The predicted octanol–water partition coefficient (Wildman–Crippen LogP) is 5.92. The maximum absolute atomic E-state index is 13.2. The van der Waals surface area contributed by atoms with E-state index in [0.717, 1.165) is 33.8 Å². The smallest absolute Gasteiger partial charge is 0.242 e. The summed E-state index contributed by atoms with van der Waals surface area (Å²) in [5.41, 5.74) is 5.73. The van der Waals surface area contributed by atoms with Gasteiger partial charge in [-0.3, -0.25) is 9.69 Å². The van der Waals surface area contributed by atoms with Gasteiger partial charge in [-0.2, -0.15) is 10.2 Å². The Morgan fingerprint density at radius 3 is 2.59 bits per heavy atom. The fourth-order valence-electron chi connectivity index (χ4n) is 4.37. The van der Waals surface area contributed by atoms with Gasteiger partial charge in [-0.1, -0.05) is 65.9 Å². The number of carbonyl (C=O) groups is 1. The first-order valence-electron chi connectivity index (χ1n) is 12.6. The Kier molecular flexibility index (Phi) is 8.03. The van der Waals surface area contributed by atoms with Crippen molar-refractivity contribution >= 4 is 29.1 Å². The third-order valence-corrected chi connectivity index (χ3v) is 7.47. The third kappa shape index (κ3) is 6.02. The fraction of sp³-hybridized carbons (Fsp3) is 0.161. The zero-order chi connectivity index (χ0) is 27.2. The molecule has 2 heterocycles. The van der Waals surface area contributed by atoms with E-state index in [4.69, 9.17) is 9.84 Å². The summed E-state index contributed by atoms with van der Waals surface area (Å²) in [4.78, 5) is 14.8. The first-order valence-corrected chi connectivity index (χ1v) is 13.5. The molecule has 1 atom stereocenters. The highest BCUT2D eigenvalue weighted by Gasteiger charge is 2.37. The molecule has 3 aromatic carbocycles. The number of amidine groups is 1. The van der Waals surface area contributed by atoms with Crippen LogP contribution in [0.3, 0.4) is 0 Å². The number of hydrogen-bond donors (Lipinski definition) is 0. The summed E-state index contributed by atoms with van der Waals surface area (Å²) in [5.74, 6) is 0.791. The average Bonchev–Trinajstić information content (AvgIpc) is 3.51. The minimum Gasteiger partial charge on any atom is -0.497 e. The number of benzene rings is 3. The molecule has 1 fully saturated rings. The number of ether oxygens (including phenoxy) is 1. The van der Waals surface area contributed by atoms with E-state index in [2.05, 4.69) is 41.9 Å². The normalized spacial score (nSPS) is 16.4. The number of para-hydroxylation sites is 1. The Hall–Kier alpha value is -4.43. The van der Waals surface area contributed by atoms with Crippen LogP contribution >= 0.6 is 11.8 Å². The lowest BCUT2D eigenvalue weighted by atomic mass is 10.1. The Morgan fingerprint density at radius 2 is 1.87 bits per heavy atom. The van der Waals surface area contributed by atoms with Crippen molar-refractivity contribution in [2.75, 3.05) is 13.7 Å². The largest absolute Gasteiger partial charge is 0.497 e. The van der Waals surface area contributed by atoms with Gasteiger partial charge in [0.2, 0.25) is 5.91 Å². The van der Waals surface area contributed by atoms with Gasteiger partial charge in [-0.15, -0.1) is 11.7 Å². The monoisotopic (exact) mass is 535 g/mol. The third-order valence-electron chi connectivity index (χ3n) is 6.30. The van der Waals surface area contributed by atoms with Crippen LogP contribution in [0, 0.1) is 6.92 Å². The van der Waals surface area contributed by atoms with Crippen molar-refractivity contribution < 1.29 is 9.53 Å². The van der Waals surface area contributed by atoms with Crippen molar-refractivity contribution in [1.82, 2.24) is 14.7 Å². The van der Waals surface area contributed by atoms with Gasteiger partial charge in [0.1, 0.15) is 11.4 Å². The van der Waals surface area contributed by atoms with Crippen LogP contribution < -0.4 is 4.74 Å². The van der Waals surface area contributed by atoms with Crippen LogP contribution in [0.15, 0.2) is 108 Å². The number of hydrogen-bond acceptors (Lipinski definition) is 6. The molecule has 8 heteroatoms. The van der Waals surface area contributed by atoms with E-state index in [1.807, 2.05) is 71.5 Å². The van der Waals surface area contributed by atoms with Crippen LogP contribution in [0.5, 0.6) is 5.75 Å². The lowest BCUT2D eigenvalue weighted by molar-refractivity contribution is -0.125. The second kappa shape index (κ2) is 12.0. The van der Waals surface area contributed by atoms with Gasteiger partial charge < -0.3 is 4.74 Å². The zero-order valence-corrected chi connectivity index (χ0v) is 22.7. The van der Waals surface area contributed by atoms with Gasteiger partial charge in [0, 0.05) is 23.9 Å². The van der Waals surface area contributed by atoms with E-state index in [0.29, 0.717) is 18.1 Å². The Bertz CT molecular complexity index is 1530. The second-order valence-corrected chi connectivity index (χ2v) is 10.3. The lowest BCUT2D eigenvalue weighted by Crippen LogP contribution is -2.32.